The summed E-state index contributed by atoms with van der Waals surface area (Å²) in [6.45, 7) is 9.62. The number of aliphatic carboxylic acids is 1. The van der Waals surface area contributed by atoms with Gasteiger partial charge in [0.1, 0.15) is 11.6 Å². The van der Waals surface area contributed by atoms with E-state index in [-0.39, 0.29) is 17.9 Å². The van der Waals surface area contributed by atoms with Crippen molar-refractivity contribution in [2.75, 3.05) is 25.2 Å². The first kappa shape index (κ1) is 29.5. The van der Waals surface area contributed by atoms with Crippen LogP contribution >= 0.6 is 0 Å². The summed E-state index contributed by atoms with van der Waals surface area (Å²) in [4.78, 5) is 27.9. The number of halogens is 2. The summed E-state index contributed by atoms with van der Waals surface area (Å²) in [5, 5.41) is 10.4. The molecule has 7 nitrogen and oxygen atoms in total. The fourth-order valence-corrected chi connectivity index (χ4v) is 6.00. The summed E-state index contributed by atoms with van der Waals surface area (Å²) in [5.41, 5.74) is 3.84. The van der Waals surface area contributed by atoms with Gasteiger partial charge in [-0.1, -0.05) is 0 Å². The van der Waals surface area contributed by atoms with E-state index in [9.17, 15) is 19.1 Å². The molecule has 2 aliphatic rings. The number of ether oxygens (including phenoxy) is 3. The zero-order chi connectivity index (χ0) is 30.5. The number of carboxylic acid groups (broad SMARTS) is 1. The van der Waals surface area contributed by atoms with Crippen LogP contribution in [0.5, 0.6) is 11.5 Å². The molecule has 0 saturated heterocycles. The molecule has 0 bridgehead atoms. The van der Waals surface area contributed by atoms with Gasteiger partial charge in [-0.15, -0.1) is 0 Å². The van der Waals surface area contributed by atoms with Crippen LogP contribution in [0.2, 0.25) is 0 Å². The first-order valence-corrected chi connectivity index (χ1v) is 14.0. The normalized spacial score (nSPS) is 15.1. The van der Waals surface area contributed by atoms with Crippen LogP contribution in [0, 0.1) is 25.5 Å². The standard InChI is InChI=1S/C33H35F2NO6/c1-17-14-26-22(11-12-36(26)31(37)21-10-9-19(40-6)15-24(21)34)28(27(17)30(32(38)39)42-33(3,4)5)23-16-25(35)29-20(18(23)2)8-7-13-41-29/h9-10,14-16,30H,7-8,11-13H2,1-6H3,(H,38,39). The van der Waals surface area contributed by atoms with E-state index in [1.54, 1.807) is 33.8 Å². The minimum atomic E-state index is -1.36. The Morgan fingerprint density at radius 1 is 1.05 bits per heavy atom. The van der Waals surface area contributed by atoms with Gasteiger partial charge in [-0.05, 0) is 106 Å². The van der Waals surface area contributed by atoms with Crippen LogP contribution in [0.3, 0.4) is 0 Å². The first-order chi connectivity index (χ1) is 19.8. The number of carbonyl (C=O) groups is 2. The van der Waals surface area contributed by atoms with Crippen molar-refractivity contribution in [2.24, 2.45) is 0 Å². The quantitative estimate of drug-likeness (QED) is 0.349. The monoisotopic (exact) mass is 579 g/mol. The zero-order valence-corrected chi connectivity index (χ0v) is 24.7. The van der Waals surface area contributed by atoms with Gasteiger partial charge in [0.2, 0.25) is 0 Å². The number of carbonyl (C=O) groups excluding carboxylic acids is 1. The highest BCUT2D eigenvalue weighted by molar-refractivity contribution is 6.08. The smallest absolute Gasteiger partial charge is 0.337 e. The Kier molecular flexibility index (Phi) is 7.74. The zero-order valence-electron chi connectivity index (χ0n) is 24.7. The molecule has 0 aromatic heterocycles. The summed E-state index contributed by atoms with van der Waals surface area (Å²) < 4.78 is 47.3. The van der Waals surface area contributed by atoms with E-state index < -0.39 is 35.2 Å². The van der Waals surface area contributed by atoms with Crippen molar-refractivity contribution in [3.63, 3.8) is 0 Å². The predicted octanol–water partition coefficient (Wildman–Crippen LogP) is 6.73. The second-order valence-corrected chi connectivity index (χ2v) is 11.8. The van der Waals surface area contributed by atoms with Crippen molar-refractivity contribution in [3.8, 4) is 22.6 Å². The molecule has 0 saturated carbocycles. The molecule has 9 heteroatoms. The molecule has 2 heterocycles. The summed E-state index contributed by atoms with van der Waals surface area (Å²) in [6.07, 6.45) is 0.356. The van der Waals surface area contributed by atoms with Gasteiger partial charge in [0.05, 0.1) is 24.9 Å². The van der Waals surface area contributed by atoms with Crippen LogP contribution in [0.25, 0.3) is 11.1 Å². The van der Waals surface area contributed by atoms with Crippen molar-refractivity contribution < 1.29 is 37.7 Å². The van der Waals surface area contributed by atoms with Crippen molar-refractivity contribution in [1.29, 1.82) is 0 Å². The Morgan fingerprint density at radius 3 is 2.43 bits per heavy atom. The number of carboxylic acids is 1. The van der Waals surface area contributed by atoms with Gasteiger partial charge < -0.3 is 24.2 Å². The number of nitrogens with zero attached hydrogens (tertiary/aromatic N) is 1. The van der Waals surface area contributed by atoms with E-state index in [0.717, 1.165) is 23.6 Å². The molecular weight excluding hydrogens is 544 g/mol. The molecular formula is C33H35F2NO6. The third-order valence-electron chi connectivity index (χ3n) is 7.85. The molecule has 1 N–H and O–H groups in total. The number of hydrogen-bond acceptors (Lipinski definition) is 5. The topological polar surface area (TPSA) is 85.3 Å². The number of hydrogen-bond donors (Lipinski definition) is 1. The van der Waals surface area contributed by atoms with Crippen molar-refractivity contribution in [1.82, 2.24) is 0 Å². The molecule has 5 rings (SSSR count). The Bertz CT molecular complexity index is 1590. The Labute approximate surface area is 244 Å². The maximum absolute atomic E-state index is 15.6. The lowest BCUT2D eigenvalue weighted by molar-refractivity contribution is -0.160. The second-order valence-electron chi connectivity index (χ2n) is 11.8. The number of benzene rings is 3. The minimum Gasteiger partial charge on any atom is -0.497 e. The maximum atomic E-state index is 15.6. The van der Waals surface area contributed by atoms with Crippen molar-refractivity contribution in [2.45, 2.75) is 65.6 Å². The highest BCUT2D eigenvalue weighted by Crippen LogP contribution is 2.48. The van der Waals surface area contributed by atoms with E-state index in [1.807, 2.05) is 6.92 Å². The van der Waals surface area contributed by atoms with Crippen LogP contribution in [-0.4, -0.2) is 42.8 Å². The van der Waals surface area contributed by atoms with E-state index in [0.29, 0.717) is 58.7 Å². The van der Waals surface area contributed by atoms with E-state index in [2.05, 4.69) is 0 Å². The van der Waals surface area contributed by atoms with Gasteiger partial charge in [-0.3, -0.25) is 4.79 Å². The largest absolute Gasteiger partial charge is 0.497 e. The van der Waals surface area contributed by atoms with Crippen LogP contribution < -0.4 is 14.4 Å². The number of methoxy groups -OCH3 is 1. The van der Waals surface area contributed by atoms with Crippen LogP contribution in [0.4, 0.5) is 14.5 Å². The average Bonchev–Trinajstić information content (AvgIpc) is 3.35. The van der Waals surface area contributed by atoms with E-state index in [1.165, 1.54) is 30.2 Å². The maximum Gasteiger partial charge on any atom is 0.337 e. The highest BCUT2D eigenvalue weighted by atomic mass is 19.1. The van der Waals surface area contributed by atoms with Crippen LogP contribution in [0.1, 0.15) is 71.5 Å². The molecule has 222 valence electrons. The molecule has 1 atom stereocenters. The molecule has 0 spiro atoms. The lowest BCUT2D eigenvalue weighted by Gasteiger charge is -2.30. The van der Waals surface area contributed by atoms with Gasteiger partial charge in [0.15, 0.2) is 17.7 Å². The van der Waals surface area contributed by atoms with Gasteiger partial charge in [-0.2, -0.15) is 0 Å². The first-order valence-electron chi connectivity index (χ1n) is 14.0. The molecule has 1 unspecified atom stereocenters. The molecule has 42 heavy (non-hydrogen) atoms. The SMILES string of the molecule is COc1ccc(C(=O)N2CCc3c2cc(C)c(C(OC(C)(C)C)C(=O)O)c3-c2cc(F)c3c(c2C)CCCO3)c(F)c1. The molecule has 0 fully saturated rings. The fourth-order valence-electron chi connectivity index (χ4n) is 6.00. The third kappa shape index (κ3) is 5.22. The summed E-state index contributed by atoms with van der Waals surface area (Å²) in [6, 6.07) is 7.21. The summed E-state index contributed by atoms with van der Waals surface area (Å²) in [5.74, 6) is -2.43. The third-order valence-corrected chi connectivity index (χ3v) is 7.85. The van der Waals surface area contributed by atoms with E-state index >= 15 is 4.39 Å². The lowest BCUT2D eigenvalue weighted by Crippen LogP contribution is -2.30. The van der Waals surface area contributed by atoms with Gasteiger partial charge in [-0.25, -0.2) is 13.6 Å². The molecule has 1 amide bonds. The Balaban J connectivity index is 1.76. The summed E-state index contributed by atoms with van der Waals surface area (Å²) >= 11 is 0. The van der Waals surface area contributed by atoms with Crippen LogP contribution in [-0.2, 0) is 22.4 Å². The highest BCUT2D eigenvalue weighted by Gasteiger charge is 2.37. The lowest BCUT2D eigenvalue weighted by atomic mass is 9.83. The summed E-state index contributed by atoms with van der Waals surface area (Å²) in [7, 11) is 1.42. The number of amides is 1. The van der Waals surface area contributed by atoms with Gasteiger partial charge in [0, 0.05) is 29.4 Å². The molecule has 3 aromatic carbocycles. The van der Waals surface area contributed by atoms with Crippen LogP contribution in [0.15, 0.2) is 30.3 Å². The number of fused-ring (bicyclic) bond motifs is 2. The number of rotatable bonds is 6. The fraction of sp³-hybridized carbons (Fsp3) is 0.394. The number of anilines is 1. The second kappa shape index (κ2) is 11.0. The van der Waals surface area contributed by atoms with Gasteiger partial charge in [0.25, 0.3) is 5.91 Å². The molecule has 3 aromatic rings. The van der Waals surface area contributed by atoms with E-state index in [4.69, 9.17) is 14.2 Å². The molecule has 2 aliphatic heterocycles. The molecule has 0 radical (unpaired) electrons. The average molecular weight is 580 g/mol. The van der Waals surface area contributed by atoms with Crippen molar-refractivity contribution in [3.05, 3.63) is 75.3 Å². The Morgan fingerprint density at radius 2 is 1.79 bits per heavy atom. The van der Waals surface area contributed by atoms with Gasteiger partial charge >= 0.3 is 5.97 Å². The predicted molar refractivity (Wildman–Crippen MR) is 155 cm³/mol. The Hall–Kier alpha value is -3.98. The minimum absolute atomic E-state index is 0.112. The number of aryl methyl sites for hydroxylation is 1. The molecule has 0 aliphatic carbocycles. The van der Waals surface area contributed by atoms with Crippen molar-refractivity contribution >= 4 is 17.6 Å².